The van der Waals surface area contributed by atoms with Crippen molar-refractivity contribution in [2.75, 3.05) is 13.8 Å². The molecule has 2 aliphatic rings. The van der Waals surface area contributed by atoms with E-state index in [1.807, 2.05) is 67.7 Å². The molecule has 0 unspecified atom stereocenters. The minimum absolute atomic E-state index is 0.112. The molecule has 188 valence electrons. The van der Waals surface area contributed by atoms with Crippen LogP contribution in [0.5, 0.6) is 17.2 Å². The largest absolute Gasteiger partial charge is 0.497 e. The standard InChI is InChI=1S/C30H27ClN2O4/c1-4-33-15-20(22-13-21(35-3)9-10-25(22)33)12-27-29(34)28-18(2)11-26-23(30(28)37-27)16-32(17-36-26)14-19-7-5-6-8-24(19)31/h5-13,15H,4,14,16-17H2,1-3H3/b27-12-. The van der Waals surface area contributed by atoms with Crippen LogP contribution in [0.3, 0.4) is 0 Å². The Morgan fingerprint density at radius 3 is 2.78 bits per heavy atom. The molecule has 4 aromatic rings. The maximum atomic E-state index is 13.6. The van der Waals surface area contributed by atoms with Gasteiger partial charge in [0.15, 0.2) is 5.76 Å². The first kappa shape index (κ1) is 23.6. The molecule has 3 heterocycles. The second-order valence-electron chi connectivity index (χ2n) is 9.42. The van der Waals surface area contributed by atoms with Gasteiger partial charge in [-0.1, -0.05) is 29.8 Å². The fourth-order valence-corrected chi connectivity index (χ4v) is 5.39. The van der Waals surface area contributed by atoms with Gasteiger partial charge in [-0.05, 0) is 61.4 Å². The molecule has 0 saturated carbocycles. The van der Waals surface area contributed by atoms with Crippen molar-refractivity contribution in [1.82, 2.24) is 9.47 Å². The van der Waals surface area contributed by atoms with Crippen LogP contribution in [0.1, 0.15) is 39.5 Å². The van der Waals surface area contributed by atoms with Crippen molar-refractivity contribution in [1.29, 1.82) is 0 Å². The van der Waals surface area contributed by atoms with Gasteiger partial charge in [0.25, 0.3) is 0 Å². The van der Waals surface area contributed by atoms with E-state index in [-0.39, 0.29) is 5.78 Å². The van der Waals surface area contributed by atoms with E-state index in [2.05, 4.69) is 16.4 Å². The molecule has 1 aromatic heterocycles. The summed E-state index contributed by atoms with van der Waals surface area (Å²) in [4.78, 5) is 15.7. The van der Waals surface area contributed by atoms with Crippen molar-refractivity contribution in [2.45, 2.75) is 33.5 Å². The molecule has 0 amide bonds. The molecule has 0 bridgehead atoms. The number of hydrogen-bond acceptors (Lipinski definition) is 5. The number of carbonyl (C=O) groups is 1. The third-order valence-corrected chi connectivity index (χ3v) is 7.45. The van der Waals surface area contributed by atoms with Crippen LogP contribution in [0, 0.1) is 6.92 Å². The Bertz CT molecular complexity index is 1590. The highest BCUT2D eigenvalue weighted by Gasteiger charge is 2.35. The summed E-state index contributed by atoms with van der Waals surface area (Å²) >= 11 is 6.39. The van der Waals surface area contributed by atoms with Crippen molar-refractivity contribution in [3.05, 3.63) is 93.3 Å². The summed E-state index contributed by atoms with van der Waals surface area (Å²) in [6.07, 6.45) is 3.89. The number of rotatable bonds is 5. The minimum atomic E-state index is -0.112. The Morgan fingerprint density at radius 2 is 2.00 bits per heavy atom. The van der Waals surface area contributed by atoms with Crippen LogP contribution in [0.4, 0.5) is 0 Å². The lowest BCUT2D eigenvalue weighted by atomic mass is 9.98. The molecule has 0 saturated heterocycles. The molecule has 37 heavy (non-hydrogen) atoms. The van der Waals surface area contributed by atoms with E-state index in [0.29, 0.717) is 36.9 Å². The van der Waals surface area contributed by atoms with E-state index in [9.17, 15) is 4.79 Å². The molecule has 0 fully saturated rings. The van der Waals surface area contributed by atoms with E-state index in [1.165, 1.54) is 0 Å². The number of nitrogens with zero attached hydrogens (tertiary/aromatic N) is 2. The Labute approximate surface area is 220 Å². The lowest BCUT2D eigenvalue weighted by Crippen LogP contribution is -2.32. The zero-order valence-electron chi connectivity index (χ0n) is 21.0. The van der Waals surface area contributed by atoms with Gasteiger partial charge in [-0.3, -0.25) is 9.69 Å². The zero-order valence-corrected chi connectivity index (χ0v) is 21.8. The van der Waals surface area contributed by atoms with Crippen LogP contribution < -0.4 is 14.2 Å². The van der Waals surface area contributed by atoms with E-state index in [1.54, 1.807) is 7.11 Å². The van der Waals surface area contributed by atoms with Gasteiger partial charge in [-0.25, -0.2) is 0 Å². The molecular weight excluding hydrogens is 488 g/mol. The van der Waals surface area contributed by atoms with Crippen LogP contribution in [0.25, 0.3) is 17.0 Å². The average Bonchev–Trinajstić information content (AvgIpc) is 3.43. The Balaban J connectivity index is 1.37. The molecule has 0 radical (unpaired) electrons. The van der Waals surface area contributed by atoms with Gasteiger partial charge in [0.2, 0.25) is 5.78 Å². The number of aromatic nitrogens is 1. The van der Waals surface area contributed by atoms with Crippen LogP contribution in [-0.2, 0) is 19.6 Å². The molecule has 6 rings (SSSR count). The number of aryl methyl sites for hydroxylation is 2. The van der Waals surface area contributed by atoms with Crippen molar-refractivity contribution in [2.24, 2.45) is 0 Å². The summed E-state index contributed by atoms with van der Waals surface area (Å²) in [6, 6.07) is 15.7. The number of benzene rings is 3. The summed E-state index contributed by atoms with van der Waals surface area (Å²) in [5.74, 6) is 2.31. The first-order valence-electron chi connectivity index (χ1n) is 12.3. The zero-order chi connectivity index (χ0) is 25.7. The highest BCUT2D eigenvalue weighted by atomic mass is 35.5. The topological polar surface area (TPSA) is 52.9 Å². The lowest BCUT2D eigenvalue weighted by molar-refractivity contribution is 0.0872. The summed E-state index contributed by atoms with van der Waals surface area (Å²) in [7, 11) is 1.65. The van der Waals surface area contributed by atoms with Gasteiger partial charge < -0.3 is 18.8 Å². The van der Waals surface area contributed by atoms with Crippen molar-refractivity contribution < 1.29 is 19.0 Å². The van der Waals surface area contributed by atoms with Gasteiger partial charge in [0.1, 0.15) is 24.0 Å². The average molecular weight is 515 g/mol. The number of methoxy groups -OCH3 is 1. The fraction of sp³-hybridized carbons (Fsp3) is 0.233. The van der Waals surface area contributed by atoms with E-state index >= 15 is 0 Å². The quantitative estimate of drug-likeness (QED) is 0.281. The predicted octanol–water partition coefficient (Wildman–Crippen LogP) is 6.60. The second kappa shape index (κ2) is 9.29. The van der Waals surface area contributed by atoms with Crippen LogP contribution in [0.2, 0.25) is 5.02 Å². The van der Waals surface area contributed by atoms with Crippen molar-refractivity contribution >= 4 is 34.4 Å². The summed E-state index contributed by atoms with van der Waals surface area (Å²) in [5.41, 5.74) is 5.35. The first-order valence-corrected chi connectivity index (χ1v) is 12.7. The molecule has 7 heteroatoms. The number of ketones is 1. The summed E-state index contributed by atoms with van der Waals surface area (Å²) in [6.45, 7) is 6.50. The fourth-order valence-electron chi connectivity index (χ4n) is 5.19. The third kappa shape index (κ3) is 4.06. The van der Waals surface area contributed by atoms with Gasteiger partial charge in [-0.15, -0.1) is 0 Å². The number of carbonyl (C=O) groups excluding carboxylic acids is 1. The number of hydrogen-bond donors (Lipinski definition) is 0. The Kier molecular flexibility index (Phi) is 5.94. The number of allylic oxidation sites excluding steroid dienone is 1. The molecular formula is C30H27ClN2O4. The van der Waals surface area contributed by atoms with Crippen molar-refractivity contribution in [3.63, 3.8) is 0 Å². The highest BCUT2D eigenvalue weighted by molar-refractivity contribution is 6.31. The van der Waals surface area contributed by atoms with E-state index in [4.69, 9.17) is 25.8 Å². The molecule has 0 spiro atoms. The van der Waals surface area contributed by atoms with Gasteiger partial charge in [0.05, 0.1) is 18.2 Å². The van der Waals surface area contributed by atoms with Gasteiger partial charge in [0, 0.05) is 47.3 Å². The monoisotopic (exact) mass is 514 g/mol. The summed E-state index contributed by atoms with van der Waals surface area (Å²) in [5, 5.41) is 1.73. The smallest absolute Gasteiger partial charge is 0.232 e. The van der Waals surface area contributed by atoms with Crippen LogP contribution >= 0.6 is 11.6 Å². The van der Waals surface area contributed by atoms with E-state index < -0.39 is 0 Å². The minimum Gasteiger partial charge on any atom is -0.497 e. The molecule has 0 atom stereocenters. The van der Waals surface area contributed by atoms with Crippen LogP contribution in [-0.4, -0.2) is 29.1 Å². The highest BCUT2D eigenvalue weighted by Crippen LogP contribution is 2.44. The van der Waals surface area contributed by atoms with Crippen LogP contribution in [0.15, 0.2) is 60.5 Å². The van der Waals surface area contributed by atoms with E-state index in [0.717, 1.165) is 56.2 Å². The number of ether oxygens (including phenoxy) is 3. The maximum Gasteiger partial charge on any atom is 0.232 e. The second-order valence-corrected chi connectivity index (χ2v) is 9.83. The molecule has 0 aliphatic carbocycles. The van der Waals surface area contributed by atoms with Crippen molar-refractivity contribution in [3.8, 4) is 17.2 Å². The SMILES string of the molecule is CCn1cc(/C=C2\Oc3c4c(cc(C)c3C2=O)OCN(Cc2ccccc2Cl)C4)c2cc(OC)ccc21. The molecule has 0 N–H and O–H groups in total. The predicted molar refractivity (Wildman–Crippen MR) is 144 cm³/mol. The molecule has 3 aromatic carbocycles. The lowest BCUT2D eigenvalue weighted by Gasteiger charge is -2.30. The normalized spacial score (nSPS) is 16.0. The maximum absolute atomic E-state index is 13.6. The third-order valence-electron chi connectivity index (χ3n) is 7.09. The summed E-state index contributed by atoms with van der Waals surface area (Å²) < 4.78 is 20.0. The Hall–Kier alpha value is -3.74. The number of Topliss-reactive ketones (excluding diaryl/α,β-unsaturated/α-hetero) is 1. The molecule has 6 nitrogen and oxygen atoms in total. The number of fused-ring (bicyclic) bond motifs is 4. The van der Waals surface area contributed by atoms with Gasteiger partial charge >= 0.3 is 0 Å². The Morgan fingerprint density at radius 1 is 1.16 bits per heavy atom. The van der Waals surface area contributed by atoms with Gasteiger partial charge in [-0.2, -0.15) is 0 Å². The number of halogens is 1. The first-order chi connectivity index (χ1) is 18.0. The molecule has 2 aliphatic heterocycles.